The topological polar surface area (TPSA) is 18.5 Å². The molecule has 0 saturated carbocycles. The zero-order chi connectivity index (χ0) is 13.9. The van der Waals surface area contributed by atoms with E-state index in [2.05, 4.69) is 36.1 Å². The third-order valence-electron chi connectivity index (χ3n) is 3.53. The van der Waals surface area contributed by atoms with Gasteiger partial charge in [-0.1, -0.05) is 36.1 Å². The smallest absolute Gasteiger partial charge is 0.115 e. The van der Waals surface area contributed by atoms with Gasteiger partial charge in [-0.15, -0.1) is 12.8 Å². The second-order valence-corrected chi connectivity index (χ2v) is 4.70. The highest BCUT2D eigenvalue weighted by Crippen LogP contribution is 2.49. The predicted octanol–water partition coefficient (Wildman–Crippen LogP) is 3.24. The summed E-state index contributed by atoms with van der Waals surface area (Å²) in [5, 5.41) is 2.38. The van der Waals surface area contributed by atoms with Crippen LogP contribution in [0.4, 0.5) is 0 Å². The summed E-state index contributed by atoms with van der Waals surface area (Å²) in [5.74, 6) is 4.99. The van der Waals surface area contributed by atoms with Gasteiger partial charge in [0, 0.05) is 0 Å². The van der Waals surface area contributed by atoms with Gasteiger partial charge in [-0.2, -0.15) is 0 Å². The van der Waals surface area contributed by atoms with Crippen LogP contribution >= 0.6 is 0 Å². The molecule has 0 N–H and O–H groups in total. The first kappa shape index (κ1) is 12.8. The molecule has 0 saturated heterocycles. The van der Waals surface area contributed by atoms with Crippen LogP contribution in [0.5, 0.6) is 0 Å². The first-order chi connectivity index (χ1) is 9.85. The first-order valence-corrected chi connectivity index (χ1v) is 6.48. The second kappa shape index (κ2) is 5.39. The summed E-state index contributed by atoms with van der Waals surface area (Å²) >= 11 is 0. The normalized spacial score (nSPS) is 19.7. The van der Waals surface area contributed by atoms with Crippen molar-refractivity contribution in [1.29, 1.82) is 0 Å². The molecule has 98 valence electrons. The summed E-state index contributed by atoms with van der Waals surface area (Å²) in [6.07, 6.45) is 10.3. The predicted molar refractivity (Wildman–Crippen MR) is 79.0 cm³/mol. The number of hydrogen-bond acceptors (Lipinski definition) is 2. The molecule has 0 spiro atoms. The standard InChI is InChI=1S/C18H14O2/c1-3-9-19-17-15-11-13-7-5-6-8-14(13)12-16(15)18(17)20-10-4-2/h1-2,5-8,11-12,17-18H,9-10H2. The molecule has 2 unspecified atom stereocenters. The summed E-state index contributed by atoms with van der Waals surface area (Å²) in [4.78, 5) is 0. The molecule has 2 aromatic carbocycles. The van der Waals surface area contributed by atoms with E-state index in [-0.39, 0.29) is 25.4 Å². The average Bonchev–Trinajstić information content (AvgIpc) is 2.48. The lowest BCUT2D eigenvalue weighted by atomic mass is 9.80. The molecule has 0 bridgehead atoms. The monoisotopic (exact) mass is 262 g/mol. The van der Waals surface area contributed by atoms with Gasteiger partial charge in [-0.3, -0.25) is 0 Å². The number of rotatable bonds is 4. The van der Waals surface area contributed by atoms with Gasteiger partial charge in [-0.05, 0) is 34.0 Å². The van der Waals surface area contributed by atoms with Crippen molar-refractivity contribution in [3.8, 4) is 24.7 Å². The minimum Gasteiger partial charge on any atom is -0.358 e. The van der Waals surface area contributed by atoms with Crippen LogP contribution in [0.2, 0.25) is 0 Å². The fraction of sp³-hybridized carbons (Fsp3) is 0.222. The van der Waals surface area contributed by atoms with Crippen LogP contribution in [0.25, 0.3) is 10.8 Å². The maximum atomic E-state index is 5.68. The minimum absolute atomic E-state index is 0.126. The van der Waals surface area contributed by atoms with E-state index in [4.69, 9.17) is 22.3 Å². The highest BCUT2D eigenvalue weighted by molar-refractivity contribution is 5.85. The Balaban J connectivity index is 1.97. The number of fused-ring (bicyclic) bond motifs is 2. The number of terminal acetylenes is 2. The van der Waals surface area contributed by atoms with E-state index < -0.39 is 0 Å². The molecule has 2 atom stereocenters. The Morgan fingerprint density at radius 1 is 0.850 bits per heavy atom. The van der Waals surface area contributed by atoms with Gasteiger partial charge in [0.1, 0.15) is 25.4 Å². The summed E-state index contributed by atoms with van der Waals surface area (Å²) in [6.45, 7) is 0.541. The third-order valence-corrected chi connectivity index (χ3v) is 3.53. The van der Waals surface area contributed by atoms with Crippen LogP contribution in [-0.2, 0) is 9.47 Å². The molecule has 0 heterocycles. The van der Waals surface area contributed by atoms with Gasteiger partial charge < -0.3 is 9.47 Å². The molecule has 2 heteroatoms. The van der Waals surface area contributed by atoms with Crippen LogP contribution in [0.1, 0.15) is 23.3 Å². The van der Waals surface area contributed by atoms with Crippen molar-refractivity contribution in [2.75, 3.05) is 13.2 Å². The van der Waals surface area contributed by atoms with Gasteiger partial charge in [-0.25, -0.2) is 0 Å². The van der Waals surface area contributed by atoms with E-state index in [0.717, 1.165) is 11.1 Å². The minimum atomic E-state index is -0.126. The van der Waals surface area contributed by atoms with E-state index in [1.54, 1.807) is 0 Å². The van der Waals surface area contributed by atoms with Crippen LogP contribution in [-0.4, -0.2) is 13.2 Å². The molecule has 0 aliphatic heterocycles. The molecular weight excluding hydrogens is 248 g/mol. The third kappa shape index (κ3) is 2.06. The van der Waals surface area contributed by atoms with Crippen molar-refractivity contribution < 1.29 is 9.47 Å². The van der Waals surface area contributed by atoms with E-state index in [1.165, 1.54) is 10.8 Å². The summed E-state index contributed by atoms with van der Waals surface area (Å²) in [6, 6.07) is 12.5. The fourth-order valence-electron chi connectivity index (χ4n) is 2.63. The van der Waals surface area contributed by atoms with Crippen molar-refractivity contribution in [3.63, 3.8) is 0 Å². The van der Waals surface area contributed by atoms with E-state index in [1.807, 2.05) is 12.1 Å². The first-order valence-electron chi connectivity index (χ1n) is 6.48. The van der Waals surface area contributed by atoms with Crippen LogP contribution in [0, 0.1) is 24.7 Å². The van der Waals surface area contributed by atoms with Crippen molar-refractivity contribution in [1.82, 2.24) is 0 Å². The number of ether oxygens (including phenoxy) is 2. The lowest BCUT2D eigenvalue weighted by Gasteiger charge is -2.38. The van der Waals surface area contributed by atoms with Gasteiger partial charge in [0.05, 0.1) is 0 Å². The zero-order valence-electron chi connectivity index (χ0n) is 11.0. The number of hydrogen-bond donors (Lipinski definition) is 0. The SMILES string of the molecule is C#CCOC1c2cc3ccccc3cc2C1OCC#C. The van der Waals surface area contributed by atoms with Crippen molar-refractivity contribution in [3.05, 3.63) is 47.5 Å². The van der Waals surface area contributed by atoms with Gasteiger partial charge in [0.15, 0.2) is 0 Å². The molecule has 0 radical (unpaired) electrons. The quantitative estimate of drug-likeness (QED) is 0.788. The molecule has 0 fully saturated rings. The highest BCUT2D eigenvalue weighted by Gasteiger charge is 2.39. The Labute approximate surface area is 118 Å². The maximum Gasteiger partial charge on any atom is 0.115 e. The molecule has 2 aromatic rings. The Morgan fingerprint density at radius 3 is 1.70 bits per heavy atom. The molecule has 1 aliphatic rings. The molecular formula is C18H14O2. The van der Waals surface area contributed by atoms with Crippen LogP contribution < -0.4 is 0 Å². The van der Waals surface area contributed by atoms with Crippen LogP contribution in [0.3, 0.4) is 0 Å². The number of benzene rings is 2. The summed E-state index contributed by atoms with van der Waals surface area (Å²) in [7, 11) is 0. The molecule has 0 aromatic heterocycles. The van der Waals surface area contributed by atoms with Crippen molar-refractivity contribution in [2.45, 2.75) is 12.2 Å². The second-order valence-electron chi connectivity index (χ2n) is 4.70. The van der Waals surface area contributed by atoms with Gasteiger partial charge >= 0.3 is 0 Å². The molecule has 2 nitrogen and oxygen atoms in total. The molecule has 20 heavy (non-hydrogen) atoms. The Bertz CT molecular complexity index is 656. The molecule has 1 aliphatic carbocycles. The average molecular weight is 262 g/mol. The maximum absolute atomic E-state index is 5.68. The van der Waals surface area contributed by atoms with Gasteiger partial charge in [0.25, 0.3) is 0 Å². The van der Waals surface area contributed by atoms with Crippen molar-refractivity contribution >= 4 is 10.8 Å². The fourth-order valence-corrected chi connectivity index (χ4v) is 2.63. The van der Waals surface area contributed by atoms with Crippen LogP contribution in [0.15, 0.2) is 36.4 Å². The van der Waals surface area contributed by atoms with E-state index in [9.17, 15) is 0 Å². The Morgan fingerprint density at radius 2 is 1.30 bits per heavy atom. The molecule has 0 amide bonds. The lowest BCUT2D eigenvalue weighted by molar-refractivity contribution is -0.0840. The van der Waals surface area contributed by atoms with Gasteiger partial charge in [0.2, 0.25) is 0 Å². The largest absolute Gasteiger partial charge is 0.358 e. The Hall–Kier alpha value is -2.26. The zero-order valence-corrected chi connectivity index (χ0v) is 11.0. The lowest BCUT2D eigenvalue weighted by Crippen LogP contribution is -2.29. The Kier molecular flexibility index (Phi) is 3.44. The molecule has 3 rings (SSSR count). The van der Waals surface area contributed by atoms with E-state index >= 15 is 0 Å². The summed E-state index contributed by atoms with van der Waals surface area (Å²) < 4.78 is 11.4. The summed E-state index contributed by atoms with van der Waals surface area (Å²) in [5.41, 5.74) is 2.28. The van der Waals surface area contributed by atoms with E-state index in [0.29, 0.717) is 0 Å². The van der Waals surface area contributed by atoms with Crippen molar-refractivity contribution in [2.24, 2.45) is 0 Å². The highest BCUT2D eigenvalue weighted by atomic mass is 16.5.